The van der Waals surface area contributed by atoms with E-state index in [9.17, 15) is 4.79 Å². The largest absolute Gasteiger partial charge is 0.478 e. The van der Waals surface area contributed by atoms with E-state index in [1.54, 1.807) is 36.4 Å². The lowest BCUT2D eigenvalue weighted by molar-refractivity contribution is 0.0697. The maximum Gasteiger partial charge on any atom is 0.335 e. The second kappa shape index (κ2) is 5.01. The fourth-order valence-corrected chi connectivity index (χ4v) is 2.19. The first-order chi connectivity index (χ1) is 8.49. The van der Waals surface area contributed by atoms with Crippen molar-refractivity contribution >= 4 is 29.2 Å². The van der Waals surface area contributed by atoms with Gasteiger partial charge in [-0.2, -0.15) is 0 Å². The lowest BCUT2D eigenvalue weighted by atomic mass is 9.98. The number of halogens is 2. The summed E-state index contributed by atoms with van der Waals surface area (Å²) in [5.41, 5.74) is 2.79. The number of hydrogen-bond acceptors (Lipinski definition) is 1. The zero-order valence-corrected chi connectivity index (χ0v) is 11.1. The first-order valence-corrected chi connectivity index (χ1v) is 6.04. The van der Waals surface area contributed by atoms with Crippen molar-refractivity contribution < 1.29 is 9.90 Å². The van der Waals surface area contributed by atoms with Crippen molar-refractivity contribution in [1.29, 1.82) is 0 Å². The highest BCUT2D eigenvalue weighted by Crippen LogP contribution is 2.32. The standard InChI is InChI=1S/C14H10Cl2O2/c1-8-6-9(14(17)18)2-4-11(8)12-7-10(15)3-5-13(12)16/h2-7H,1H3,(H,17,18). The number of carboxylic acids is 1. The predicted molar refractivity (Wildman–Crippen MR) is 73.6 cm³/mol. The van der Waals surface area contributed by atoms with Gasteiger partial charge in [-0.15, -0.1) is 0 Å². The minimum atomic E-state index is -0.943. The molecule has 0 saturated heterocycles. The molecule has 0 heterocycles. The highest BCUT2D eigenvalue weighted by Gasteiger charge is 2.10. The van der Waals surface area contributed by atoms with Crippen LogP contribution in [-0.4, -0.2) is 11.1 Å². The van der Waals surface area contributed by atoms with E-state index in [0.29, 0.717) is 10.0 Å². The summed E-state index contributed by atoms with van der Waals surface area (Å²) in [7, 11) is 0. The van der Waals surface area contributed by atoms with Gasteiger partial charge in [-0.3, -0.25) is 0 Å². The van der Waals surface area contributed by atoms with Gasteiger partial charge in [0.1, 0.15) is 0 Å². The van der Waals surface area contributed by atoms with E-state index < -0.39 is 5.97 Å². The molecule has 0 radical (unpaired) electrons. The number of rotatable bonds is 2. The number of hydrogen-bond donors (Lipinski definition) is 1. The van der Waals surface area contributed by atoms with Crippen molar-refractivity contribution in [3.8, 4) is 11.1 Å². The van der Waals surface area contributed by atoms with Gasteiger partial charge >= 0.3 is 5.97 Å². The first kappa shape index (κ1) is 12.9. The molecule has 1 N–H and O–H groups in total. The zero-order chi connectivity index (χ0) is 13.3. The van der Waals surface area contributed by atoms with Crippen LogP contribution in [0.2, 0.25) is 10.0 Å². The molecule has 18 heavy (non-hydrogen) atoms. The van der Waals surface area contributed by atoms with Gasteiger partial charge in [-0.1, -0.05) is 29.3 Å². The first-order valence-electron chi connectivity index (χ1n) is 5.28. The molecule has 4 heteroatoms. The monoisotopic (exact) mass is 280 g/mol. The summed E-state index contributed by atoms with van der Waals surface area (Å²) in [6, 6.07) is 10.1. The molecular formula is C14H10Cl2O2. The van der Waals surface area contributed by atoms with Gasteiger partial charge in [0.2, 0.25) is 0 Å². The summed E-state index contributed by atoms with van der Waals surface area (Å²) in [5, 5.41) is 10.1. The van der Waals surface area contributed by atoms with Crippen LogP contribution >= 0.6 is 23.2 Å². The molecule has 0 unspecified atom stereocenters. The average Bonchev–Trinajstić information content (AvgIpc) is 2.32. The van der Waals surface area contributed by atoms with Crippen LogP contribution in [0.5, 0.6) is 0 Å². The average molecular weight is 281 g/mol. The van der Waals surface area contributed by atoms with Gasteiger partial charge in [-0.25, -0.2) is 4.79 Å². The van der Waals surface area contributed by atoms with Crippen molar-refractivity contribution in [2.45, 2.75) is 6.92 Å². The Balaban J connectivity index is 2.58. The minimum Gasteiger partial charge on any atom is -0.478 e. The molecule has 2 aromatic carbocycles. The molecule has 0 amide bonds. The fourth-order valence-electron chi connectivity index (χ4n) is 1.80. The Bertz CT molecular complexity index is 621. The third-order valence-electron chi connectivity index (χ3n) is 2.69. The molecule has 0 bridgehead atoms. The summed E-state index contributed by atoms with van der Waals surface area (Å²) in [6.07, 6.45) is 0. The fraction of sp³-hybridized carbons (Fsp3) is 0.0714. The molecule has 0 spiro atoms. The van der Waals surface area contributed by atoms with Crippen LogP contribution in [0.15, 0.2) is 36.4 Å². The van der Waals surface area contributed by atoms with E-state index in [0.717, 1.165) is 16.7 Å². The lowest BCUT2D eigenvalue weighted by Gasteiger charge is -2.09. The third-order valence-corrected chi connectivity index (χ3v) is 3.26. The molecule has 2 nitrogen and oxygen atoms in total. The Morgan fingerprint density at radius 2 is 1.78 bits per heavy atom. The SMILES string of the molecule is Cc1cc(C(=O)O)ccc1-c1cc(Cl)ccc1Cl. The van der Waals surface area contributed by atoms with E-state index in [2.05, 4.69) is 0 Å². The van der Waals surface area contributed by atoms with Crippen molar-refractivity contribution in [3.63, 3.8) is 0 Å². The Morgan fingerprint density at radius 1 is 1.06 bits per heavy atom. The lowest BCUT2D eigenvalue weighted by Crippen LogP contribution is -1.97. The zero-order valence-electron chi connectivity index (χ0n) is 9.58. The van der Waals surface area contributed by atoms with Crippen LogP contribution in [-0.2, 0) is 0 Å². The van der Waals surface area contributed by atoms with Crippen LogP contribution in [0, 0.1) is 6.92 Å². The van der Waals surface area contributed by atoms with Crippen LogP contribution in [0.4, 0.5) is 0 Å². The van der Waals surface area contributed by atoms with Gasteiger partial charge in [-0.05, 0) is 48.4 Å². The highest BCUT2D eigenvalue weighted by atomic mass is 35.5. The topological polar surface area (TPSA) is 37.3 Å². The Morgan fingerprint density at radius 3 is 2.39 bits per heavy atom. The molecule has 0 atom stereocenters. The van der Waals surface area contributed by atoms with Crippen molar-refractivity contribution in [2.75, 3.05) is 0 Å². The van der Waals surface area contributed by atoms with Crippen LogP contribution in [0.25, 0.3) is 11.1 Å². The summed E-state index contributed by atoms with van der Waals surface area (Å²) < 4.78 is 0. The second-order valence-corrected chi connectivity index (χ2v) is 4.80. The van der Waals surface area contributed by atoms with Crippen molar-refractivity contribution in [1.82, 2.24) is 0 Å². The van der Waals surface area contributed by atoms with E-state index >= 15 is 0 Å². The maximum absolute atomic E-state index is 10.9. The van der Waals surface area contributed by atoms with Crippen LogP contribution < -0.4 is 0 Å². The maximum atomic E-state index is 10.9. The summed E-state index contributed by atoms with van der Waals surface area (Å²) in [5.74, 6) is -0.943. The van der Waals surface area contributed by atoms with Crippen LogP contribution in [0.3, 0.4) is 0 Å². The molecule has 2 aromatic rings. The number of aromatic carboxylic acids is 1. The number of aryl methyl sites for hydroxylation is 1. The van der Waals surface area contributed by atoms with E-state index in [4.69, 9.17) is 28.3 Å². The Hall–Kier alpha value is -1.51. The highest BCUT2D eigenvalue weighted by molar-refractivity contribution is 6.35. The summed E-state index contributed by atoms with van der Waals surface area (Å²) in [6.45, 7) is 1.85. The summed E-state index contributed by atoms with van der Waals surface area (Å²) >= 11 is 12.1. The predicted octanol–water partition coefficient (Wildman–Crippen LogP) is 4.67. The molecule has 0 aliphatic rings. The minimum absolute atomic E-state index is 0.259. The summed E-state index contributed by atoms with van der Waals surface area (Å²) in [4.78, 5) is 10.9. The molecule has 0 fully saturated rings. The quantitative estimate of drug-likeness (QED) is 0.868. The second-order valence-electron chi connectivity index (χ2n) is 3.96. The Kier molecular flexibility index (Phi) is 3.60. The molecular weight excluding hydrogens is 271 g/mol. The van der Waals surface area contributed by atoms with Crippen molar-refractivity contribution in [3.05, 3.63) is 57.6 Å². The third kappa shape index (κ3) is 2.50. The van der Waals surface area contributed by atoms with Gasteiger partial charge in [0.15, 0.2) is 0 Å². The van der Waals surface area contributed by atoms with Gasteiger partial charge in [0.05, 0.1) is 5.56 Å². The van der Waals surface area contributed by atoms with Gasteiger partial charge < -0.3 is 5.11 Å². The van der Waals surface area contributed by atoms with E-state index in [1.807, 2.05) is 6.92 Å². The molecule has 0 aliphatic carbocycles. The normalized spacial score (nSPS) is 10.4. The van der Waals surface area contributed by atoms with Gasteiger partial charge in [0.25, 0.3) is 0 Å². The number of benzene rings is 2. The molecule has 0 aliphatic heterocycles. The molecule has 0 saturated carbocycles. The molecule has 0 aromatic heterocycles. The smallest absolute Gasteiger partial charge is 0.335 e. The number of carboxylic acid groups (broad SMARTS) is 1. The van der Waals surface area contributed by atoms with Gasteiger partial charge in [0, 0.05) is 15.6 Å². The van der Waals surface area contributed by atoms with Crippen molar-refractivity contribution in [2.24, 2.45) is 0 Å². The molecule has 92 valence electrons. The molecule has 2 rings (SSSR count). The van der Waals surface area contributed by atoms with Crippen LogP contribution in [0.1, 0.15) is 15.9 Å². The van der Waals surface area contributed by atoms with E-state index in [-0.39, 0.29) is 5.56 Å². The van der Waals surface area contributed by atoms with E-state index in [1.165, 1.54) is 0 Å². The number of carbonyl (C=O) groups is 1. The Labute approximate surface area is 115 Å².